The van der Waals surface area contributed by atoms with Crippen LogP contribution < -0.4 is 10.0 Å². The van der Waals surface area contributed by atoms with Gasteiger partial charge in [0, 0.05) is 17.8 Å². The van der Waals surface area contributed by atoms with Gasteiger partial charge in [0.1, 0.15) is 0 Å². The van der Waals surface area contributed by atoms with Crippen molar-refractivity contribution in [2.24, 2.45) is 0 Å². The molecule has 8 heteroatoms. The largest absolute Gasteiger partial charge is 0.352 e. The number of amides is 1. The third kappa shape index (κ3) is 5.40. The van der Waals surface area contributed by atoms with Gasteiger partial charge in [-0.2, -0.15) is 0 Å². The summed E-state index contributed by atoms with van der Waals surface area (Å²) < 4.78 is 24.6. The zero-order valence-corrected chi connectivity index (χ0v) is 15.2. The molecule has 128 valence electrons. The highest BCUT2D eigenvalue weighted by Crippen LogP contribution is 2.25. The number of sulfonamides is 1. The van der Waals surface area contributed by atoms with Crippen molar-refractivity contribution in [1.82, 2.24) is 5.32 Å². The molecule has 0 unspecified atom stereocenters. The molecule has 2 aromatic carbocycles. The summed E-state index contributed by atoms with van der Waals surface area (Å²) in [6.07, 6.45) is 1.62. The van der Waals surface area contributed by atoms with Crippen LogP contribution in [0, 0.1) is 0 Å². The third-order valence-electron chi connectivity index (χ3n) is 3.16. The fourth-order valence-electron chi connectivity index (χ4n) is 2.06. The molecule has 0 aliphatic rings. The lowest BCUT2D eigenvalue weighted by atomic mass is 10.1. The molecule has 5 nitrogen and oxygen atoms in total. The topological polar surface area (TPSA) is 75.3 Å². The van der Waals surface area contributed by atoms with E-state index in [1.807, 2.05) is 6.07 Å². The minimum absolute atomic E-state index is 0.251. The molecule has 0 saturated carbocycles. The van der Waals surface area contributed by atoms with E-state index in [1.165, 1.54) is 12.1 Å². The Kier molecular flexibility index (Phi) is 6.10. The van der Waals surface area contributed by atoms with Crippen LogP contribution in [0.4, 0.5) is 5.69 Å². The van der Waals surface area contributed by atoms with Gasteiger partial charge in [0.15, 0.2) is 0 Å². The normalized spacial score (nSPS) is 11.1. The molecule has 0 radical (unpaired) electrons. The van der Waals surface area contributed by atoms with Gasteiger partial charge in [-0.1, -0.05) is 35.3 Å². The van der Waals surface area contributed by atoms with Gasteiger partial charge in [0.2, 0.25) is 10.0 Å². The highest BCUT2D eigenvalue weighted by molar-refractivity contribution is 7.92. The number of nitrogens with one attached hydrogen (secondary N) is 2. The lowest BCUT2D eigenvalue weighted by molar-refractivity contribution is 0.0954. The zero-order valence-electron chi connectivity index (χ0n) is 12.8. The molecule has 0 aromatic heterocycles. The molecule has 1 amide bonds. The first-order valence-corrected chi connectivity index (χ1v) is 9.70. The molecular formula is C16H16Cl2N2O3S. The van der Waals surface area contributed by atoms with Crippen LogP contribution >= 0.6 is 23.2 Å². The van der Waals surface area contributed by atoms with Crippen LogP contribution in [0.5, 0.6) is 0 Å². The number of rotatable bonds is 6. The minimum atomic E-state index is -3.34. The Morgan fingerprint density at radius 2 is 1.75 bits per heavy atom. The smallest absolute Gasteiger partial charge is 0.251 e. The number of halogens is 2. The molecule has 0 aliphatic carbocycles. The molecule has 2 aromatic rings. The van der Waals surface area contributed by atoms with Gasteiger partial charge in [-0.15, -0.1) is 0 Å². The molecule has 0 fully saturated rings. The molecule has 0 bridgehead atoms. The van der Waals surface area contributed by atoms with E-state index in [-0.39, 0.29) is 5.91 Å². The van der Waals surface area contributed by atoms with E-state index in [0.29, 0.717) is 34.3 Å². The van der Waals surface area contributed by atoms with Gasteiger partial charge < -0.3 is 5.32 Å². The number of hydrogen-bond donors (Lipinski definition) is 2. The van der Waals surface area contributed by atoms with E-state index < -0.39 is 10.0 Å². The van der Waals surface area contributed by atoms with E-state index in [0.717, 1.165) is 11.8 Å². The van der Waals surface area contributed by atoms with Gasteiger partial charge in [-0.05, 0) is 42.3 Å². The van der Waals surface area contributed by atoms with E-state index >= 15 is 0 Å². The fourth-order valence-corrected chi connectivity index (χ4v) is 3.04. The SMILES string of the molecule is CS(=O)(=O)Nc1ccc(C(=O)NCCc2cccc(Cl)c2Cl)cc1. The van der Waals surface area contributed by atoms with E-state index in [2.05, 4.69) is 10.0 Å². The summed E-state index contributed by atoms with van der Waals surface area (Å²) in [5.41, 5.74) is 1.70. The summed E-state index contributed by atoms with van der Waals surface area (Å²) in [5.74, 6) is -0.251. The average molecular weight is 387 g/mol. The number of anilines is 1. The summed E-state index contributed by atoms with van der Waals surface area (Å²) in [6.45, 7) is 0.405. The van der Waals surface area contributed by atoms with Gasteiger partial charge in [0.05, 0.1) is 16.3 Å². The Balaban J connectivity index is 1.92. The first-order chi connectivity index (χ1) is 11.3. The van der Waals surface area contributed by atoms with Gasteiger partial charge in [-0.25, -0.2) is 8.42 Å². The summed E-state index contributed by atoms with van der Waals surface area (Å²) in [5, 5.41) is 3.75. The molecule has 0 atom stereocenters. The summed E-state index contributed by atoms with van der Waals surface area (Å²) in [6, 6.07) is 11.5. The first-order valence-electron chi connectivity index (χ1n) is 7.05. The second kappa shape index (κ2) is 7.88. The molecule has 2 rings (SSSR count). The maximum absolute atomic E-state index is 12.1. The number of carbonyl (C=O) groups excluding carboxylic acids is 1. The summed E-state index contributed by atoms with van der Waals surface area (Å²) in [4.78, 5) is 12.1. The van der Waals surface area contributed by atoms with Crippen molar-refractivity contribution in [3.8, 4) is 0 Å². The molecule has 0 aliphatic heterocycles. The van der Waals surface area contributed by atoms with Crippen LogP contribution in [0.25, 0.3) is 0 Å². The third-order valence-corrected chi connectivity index (χ3v) is 4.63. The van der Waals surface area contributed by atoms with Crippen LogP contribution in [0.3, 0.4) is 0 Å². The van der Waals surface area contributed by atoms with Crippen molar-refractivity contribution in [2.45, 2.75) is 6.42 Å². The Hall–Kier alpha value is -1.76. The summed E-state index contributed by atoms with van der Waals surface area (Å²) >= 11 is 12.0. The van der Waals surface area contributed by atoms with Crippen molar-refractivity contribution in [2.75, 3.05) is 17.5 Å². The van der Waals surface area contributed by atoms with E-state index in [9.17, 15) is 13.2 Å². The molecule has 0 heterocycles. The lowest BCUT2D eigenvalue weighted by Gasteiger charge is -2.08. The number of carbonyl (C=O) groups is 1. The maximum atomic E-state index is 12.1. The zero-order chi connectivity index (χ0) is 17.7. The van der Waals surface area contributed by atoms with Gasteiger partial charge >= 0.3 is 0 Å². The predicted octanol–water partition coefficient (Wildman–Crippen LogP) is 3.34. The quantitative estimate of drug-likeness (QED) is 0.799. The Bertz CT molecular complexity index is 837. The lowest BCUT2D eigenvalue weighted by Crippen LogP contribution is -2.25. The second-order valence-electron chi connectivity index (χ2n) is 5.17. The maximum Gasteiger partial charge on any atom is 0.251 e. The van der Waals surface area contributed by atoms with Crippen LogP contribution in [0.15, 0.2) is 42.5 Å². The van der Waals surface area contributed by atoms with Gasteiger partial charge in [-0.3, -0.25) is 9.52 Å². The van der Waals surface area contributed by atoms with Crippen molar-refractivity contribution < 1.29 is 13.2 Å². The molecule has 0 saturated heterocycles. The van der Waals surface area contributed by atoms with Crippen LogP contribution in [-0.4, -0.2) is 27.1 Å². The van der Waals surface area contributed by atoms with Crippen molar-refractivity contribution >= 4 is 44.8 Å². The first kappa shape index (κ1) is 18.6. The predicted molar refractivity (Wildman–Crippen MR) is 97.4 cm³/mol. The molecule has 0 spiro atoms. The van der Waals surface area contributed by atoms with Crippen molar-refractivity contribution in [3.63, 3.8) is 0 Å². The highest BCUT2D eigenvalue weighted by Gasteiger charge is 2.08. The van der Waals surface area contributed by atoms with Crippen molar-refractivity contribution in [1.29, 1.82) is 0 Å². The monoisotopic (exact) mass is 386 g/mol. The fraction of sp³-hybridized carbons (Fsp3) is 0.188. The minimum Gasteiger partial charge on any atom is -0.352 e. The second-order valence-corrected chi connectivity index (χ2v) is 7.70. The highest BCUT2D eigenvalue weighted by atomic mass is 35.5. The van der Waals surface area contributed by atoms with Gasteiger partial charge in [0.25, 0.3) is 5.91 Å². The molecular weight excluding hydrogens is 371 g/mol. The molecule has 24 heavy (non-hydrogen) atoms. The van der Waals surface area contributed by atoms with Crippen LogP contribution in [-0.2, 0) is 16.4 Å². The van der Waals surface area contributed by atoms with Crippen LogP contribution in [0.1, 0.15) is 15.9 Å². The number of hydrogen-bond acceptors (Lipinski definition) is 3. The Morgan fingerprint density at radius 3 is 2.38 bits per heavy atom. The number of benzene rings is 2. The van der Waals surface area contributed by atoms with E-state index in [1.54, 1.807) is 24.3 Å². The Morgan fingerprint density at radius 1 is 1.08 bits per heavy atom. The standard InChI is InChI=1S/C16H16Cl2N2O3S/c1-24(22,23)20-13-7-5-12(6-8-13)16(21)19-10-9-11-3-2-4-14(17)15(11)18/h2-8,20H,9-10H2,1H3,(H,19,21). The van der Waals surface area contributed by atoms with E-state index in [4.69, 9.17) is 23.2 Å². The van der Waals surface area contributed by atoms with Crippen LogP contribution in [0.2, 0.25) is 10.0 Å². The van der Waals surface area contributed by atoms with Crippen molar-refractivity contribution in [3.05, 3.63) is 63.6 Å². The molecule has 2 N–H and O–H groups in total. The Labute approximate surface area is 151 Å². The average Bonchev–Trinajstić information content (AvgIpc) is 2.50. The summed E-state index contributed by atoms with van der Waals surface area (Å²) in [7, 11) is -3.34.